The van der Waals surface area contributed by atoms with E-state index in [4.69, 9.17) is 0 Å². The minimum Gasteiger partial charge on any atom is -0.504 e. The molecule has 0 amide bonds. The number of phenols is 4. The zero-order chi connectivity index (χ0) is 19.8. The molecule has 0 bridgehead atoms. The van der Waals surface area contributed by atoms with Gasteiger partial charge in [-0.2, -0.15) is 0 Å². The number of aromatic nitrogens is 4. The number of rotatable bonds is 3. The van der Waals surface area contributed by atoms with Crippen molar-refractivity contribution in [3.8, 4) is 45.5 Å². The topological polar surface area (TPSA) is 145 Å². The van der Waals surface area contributed by atoms with Gasteiger partial charge in [0.05, 0.1) is 11.4 Å². The Bertz CT molecular complexity index is 1210. The fourth-order valence-corrected chi connectivity index (χ4v) is 2.80. The molecule has 9 nitrogen and oxygen atoms in total. The Morgan fingerprint density at radius 1 is 0.714 bits per heavy atom. The van der Waals surface area contributed by atoms with Crippen LogP contribution in [0.3, 0.4) is 0 Å². The van der Waals surface area contributed by atoms with E-state index in [1.807, 2.05) is 0 Å². The van der Waals surface area contributed by atoms with Crippen LogP contribution in [-0.2, 0) is 0 Å². The van der Waals surface area contributed by atoms with E-state index >= 15 is 0 Å². The number of anilines is 1. The number of nitrogens with zero attached hydrogens (tertiary/aromatic N) is 4. The molecule has 0 aliphatic heterocycles. The molecular formula is C19H15N5O4. The highest BCUT2D eigenvalue weighted by Gasteiger charge is 2.18. The number of fused-ring (bicyclic) bond motifs is 1. The number of hydrogen-bond acceptors (Lipinski definition) is 9. The Labute approximate surface area is 158 Å². The van der Waals surface area contributed by atoms with Crippen molar-refractivity contribution in [1.29, 1.82) is 0 Å². The first-order valence-corrected chi connectivity index (χ1v) is 8.23. The SMILES string of the molecule is CNc1ncnc2nc(-c3ccc(O)c(O)c3)c(-c3ccc(O)c(O)c3)nc12. The lowest BCUT2D eigenvalue weighted by atomic mass is 10.0. The standard InChI is InChI=1S/C19H15N5O4/c1-20-18-17-19(22-8-21-18)24-16(10-3-5-12(26)14(28)7-10)15(23-17)9-2-4-11(25)13(27)6-9/h2-8,25-28H,1H3,(H,20,21,22,24). The van der Waals surface area contributed by atoms with Crippen LogP contribution in [-0.4, -0.2) is 47.4 Å². The molecule has 0 saturated heterocycles. The molecule has 0 saturated carbocycles. The van der Waals surface area contributed by atoms with Crippen LogP contribution in [0.1, 0.15) is 0 Å². The van der Waals surface area contributed by atoms with Crippen LogP contribution in [0.15, 0.2) is 42.7 Å². The second kappa shape index (κ2) is 6.54. The zero-order valence-electron chi connectivity index (χ0n) is 14.6. The molecular weight excluding hydrogens is 362 g/mol. The smallest absolute Gasteiger partial charge is 0.184 e. The molecule has 28 heavy (non-hydrogen) atoms. The van der Waals surface area contributed by atoms with Crippen LogP contribution >= 0.6 is 0 Å². The first-order chi connectivity index (χ1) is 13.5. The summed E-state index contributed by atoms with van der Waals surface area (Å²) < 4.78 is 0. The summed E-state index contributed by atoms with van der Waals surface area (Å²) in [6, 6.07) is 8.56. The van der Waals surface area contributed by atoms with Crippen LogP contribution in [0.5, 0.6) is 23.0 Å². The maximum absolute atomic E-state index is 9.91. The molecule has 0 spiro atoms. The van der Waals surface area contributed by atoms with Crippen molar-refractivity contribution in [3.63, 3.8) is 0 Å². The van der Waals surface area contributed by atoms with Crippen molar-refractivity contribution < 1.29 is 20.4 Å². The Morgan fingerprint density at radius 3 is 1.82 bits per heavy atom. The molecule has 2 heterocycles. The molecule has 0 aliphatic carbocycles. The molecule has 0 unspecified atom stereocenters. The van der Waals surface area contributed by atoms with E-state index in [2.05, 4.69) is 25.3 Å². The van der Waals surface area contributed by atoms with Crippen molar-refractivity contribution in [2.75, 3.05) is 12.4 Å². The molecule has 4 rings (SSSR count). The van der Waals surface area contributed by atoms with E-state index in [0.717, 1.165) is 0 Å². The van der Waals surface area contributed by atoms with E-state index in [0.29, 0.717) is 39.5 Å². The van der Waals surface area contributed by atoms with Gasteiger partial charge in [0.2, 0.25) is 0 Å². The molecule has 140 valence electrons. The average Bonchev–Trinajstić information content (AvgIpc) is 2.70. The van der Waals surface area contributed by atoms with Gasteiger partial charge in [-0.1, -0.05) is 0 Å². The minimum absolute atomic E-state index is 0.263. The van der Waals surface area contributed by atoms with Gasteiger partial charge in [0, 0.05) is 18.2 Å². The second-order valence-electron chi connectivity index (χ2n) is 5.97. The second-order valence-corrected chi connectivity index (χ2v) is 5.97. The summed E-state index contributed by atoms with van der Waals surface area (Å²) in [6.45, 7) is 0. The van der Waals surface area contributed by atoms with E-state index < -0.39 is 0 Å². The van der Waals surface area contributed by atoms with Gasteiger partial charge >= 0.3 is 0 Å². The van der Waals surface area contributed by atoms with Crippen molar-refractivity contribution in [3.05, 3.63) is 42.7 Å². The van der Waals surface area contributed by atoms with Crippen molar-refractivity contribution in [2.45, 2.75) is 0 Å². The molecule has 2 aromatic heterocycles. The molecule has 5 N–H and O–H groups in total. The maximum Gasteiger partial charge on any atom is 0.184 e. The first kappa shape index (κ1) is 17.3. The summed E-state index contributed by atoms with van der Waals surface area (Å²) in [5.74, 6) is -0.668. The van der Waals surface area contributed by atoms with Gasteiger partial charge < -0.3 is 25.7 Å². The number of aromatic hydroxyl groups is 4. The lowest BCUT2D eigenvalue weighted by Crippen LogP contribution is -2.02. The van der Waals surface area contributed by atoms with Crippen LogP contribution in [0.4, 0.5) is 5.82 Å². The van der Waals surface area contributed by atoms with Crippen LogP contribution in [0, 0.1) is 0 Å². The van der Waals surface area contributed by atoms with Crippen LogP contribution < -0.4 is 5.32 Å². The Balaban J connectivity index is 2.06. The highest BCUT2D eigenvalue weighted by atomic mass is 16.3. The summed E-state index contributed by atoms with van der Waals surface area (Å²) in [4.78, 5) is 17.5. The molecule has 2 aromatic carbocycles. The first-order valence-electron chi connectivity index (χ1n) is 8.23. The van der Waals surface area contributed by atoms with Crippen molar-refractivity contribution >= 4 is 17.0 Å². The normalized spacial score (nSPS) is 10.9. The van der Waals surface area contributed by atoms with E-state index in [9.17, 15) is 20.4 Å². The molecule has 0 fully saturated rings. The third-order valence-corrected chi connectivity index (χ3v) is 4.20. The lowest BCUT2D eigenvalue weighted by molar-refractivity contribution is 0.404. The van der Waals surface area contributed by atoms with E-state index in [-0.39, 0.29) is 23.0 Å². The van der Waals surface area contributed by atoms with E-state index in [1.165, 1.54) is 30.6 Å². The predicted molar refractivity (Wildman–Crippen MR) is 102 cm³/mol. The van der Waals surface area contributed by atoms with Gasteiger partial charge in [-0.05, 0) is 36.4 Å². The predicted octanol–water partition coefficient (Wildman–Crippen LogP) is 2.62. The number of hydrogen-bond donors (Lipinski definition) is 5. The summed E-state index contributed by atoms with van der Waals surface area (Å²) in [5.41, 5.74) is 2.45. The van der Waals surface area contributed by atoms with Gasteiger partial charge in [0.25, 0.3) is 0 Å². The van der Waals surface area contributed by atoms with Gasteiger partial charge in [-0.25, -0.2) is 19.9 Å². The third-order valence-electron chi connectivity index (χ3n) is 4.20. The maximum atomic E-state index is 9.91. The Hall–Kier alpha value is -4.14. The number of phenolic OH excluding ortho intramolecular Hbond substituents is 4. The summed E-state index contributed by atoms with van der Waals surface area (Å²) in [7, 11) is 1.70. The summed E-state index contributed by atoms with van der Waals surface area (Å²) in [6.07, 6.45) is 1.35. The van der Waals surface area contributed by atoms with Crippen molar-refractivity contribution in [1.82, 2.24) is 19.9 Å². The van der Waals surface area contributed by atoms with Crippen LogP contribution in [0.25, 0.3) is 33.7 Å². The summed E-state index contributed by atoms with van der Waals surface area (Å²) in [5, 5.41) is 42.0. The van der Waals surface area contributed by atoms with Gasteiger partial charge in [-0.3, -0.25) is 0 Å². The molecule has 0 atom stereocenters. The third kappa shape index (κ3) is 2.84. The largest absolute Gasteiger partial charge is 0.504 e. The quantitative estimate of drug-likeness (QED) is 0.340. The zero-order valence-corrected chi connectivity index (χ0v) is 14.6. The molecule has 0 radical (unpaired) electrons. The fraction of sp³-hybridized carbons (Fsp3) is 0.0526. The molecule has 0 aliphatic rings. The van der Waals surface area contributed by atoms with Crippen LogP contribution in [0.2, 0.25) is 0 Å². The Kier molecular flexibility index (Phi) is 4.04. The van der Waals surface area contributed by atoms with Gasteiger partial charge in [0.15, 0.2) is 40.0 Å². The number of nitrogens with one attached hydrogen (secondary N) is 1. The number of benzene rings is 2. The highest BCUT2D eigenvalue weighted by Crippen LogP contribution is 2.37. The van der Waals surface area contributed by atoms with E-state index in [1.54, 1.807) is 19.2 Å². The highest BCUT2D eigenvalue weighted by molar-refractivity contribution is 5.90. The minimum atomic E-state index is -0.308. The molecule has 4 aromatic rings. The van der Waals surface area contributed by atoms with Gasteiger partial charge in [0.1, 0.15) is 6.33 Å². The monoisotopic (exact) mass is 377 g/mol. The fourth-order valence-electron chi connectivity index (χ4n) is 2.80. The Morgan fingerprint density at radius 2 is 1.29 bits per heavy atom. The van der Waals surface area contributed by atoms with Crippen molar-refractivity contribution in [2.24, 2.45) is 0 Å². The summed E-state index contributed by atoms with van der Waals surface area (Å²) >= 11 is 0. The lowest BCUT2D eigenvalue weighted by Gasteiger charge is -2.12. The van der Waals surface area contributed by atoms with Gasteiger partial charge in [-0.15, -0.1) is 0 Å². The molecule has 9 heteroatoms. The average molecular weight is 377 g/mol.